The van der Waals surface area contributed by atoms with E-state index < -0.39 is 0 Å². The zero-order valence-corrected chi connectivity index (χ0v) is 7.50. The van der Waals surface area contributed by atoms with Crippen molar-refractivity contribution < 1.29 is 15.3 Å². The topological polar surface area (TPSA) is 60.7 Å². The fraction of sp³-hybridized carbons (Fsp3) is 0.333. The van der Waals surface area contributed by atoms with E-state index in [1.54, 1.807) is 6.92 Å². The zero-order chi connectivity index (χ0) is 9.72. The van der Waals surface area contributed by atoms with E-state index in [9.17, 15) is 0 Å². The van der Waals surface area contributed by atoms with Crippen LogP contribution in [0.3, 0.4) is 0 Å². The van der Waals surface area contributed by atoms with Crippen molar-refractivity contribution in [3.63, 3.8) is 0 Å². The van der Waals surface area contributed by atoms with Gasteiger partial charge in [-0.05, 0) is 18.6 Å². The second kappa shape index (κ2) is 4.49. The van der Waals surface area contributed by atoms with Gasteiger partial charge in [0.15, 0.2) is 11.5 Å². The molecule has 12 heavy (non-hydrogen) atoms. The maximum Gasteiger partial charge on any atom is 0.161 e. The fourth-order valence-corrected chi connectivity index (χ4v) is 0.670. The largest absolute Gasteiger partial charge is 0.508 e. The molecule has 0 aliphatic heterocycles. The Morgan fingerprint density at radius 2 is 1.25 bits per heavy atom. The molecule has 68 valence electrons. The van der Waals surface area contributed by atoms with Gasteiger partial charge < -0.3 is 15.3 Å². The third kappa shape index (κ3) is 2.34. The van der Waals surface area contributed by atoms with Gasteiger partial charge in [0.05, 0.1) is 0 Å². The molecule has 0 heterocycles. The van der Waals surface area contributed by atoms with Crippen LogP contribution in [0.2, 0.25) is 0 Å². The predicted molar refractivity (Wildman–Crippen MR) is 47.5 cm³/mol. The number of aryl methyl sites for hydroxylation is 1. The highest BCUT2D eigenvalue weighted by Crippen LogP contribution is 2.31. The highest BCUT2D eigenvalue weighted by atomic mass is 16.3. The van der Waals surface area contributed by atoms with E-state index in [4.69, 9.17) is 15.3 Å². The summed E-state index contributed by atoms with van der Waals surface area (Å²) in [7, 11) is 0. The van der Waals surface area contributed by atoms with Crippen LogP contribution in [0, 0.1) is 6.92 Å². The first-order valence-electron chi connectivity index (χ1n) is 3.83. The average Bonchev–Trinajstić information content (AvgIpc) is 2.05. The summed E-state index contributed by atoms with van der Waals surface area (Å²) in [5.74, 6) is -0.534. The van der Waals surface area contributed by atoms with Crippen molar-refractivity contribution in [1.29, 1.82) is 0 Å². The van der Waals surface area contributed by atoms with E-state index in [1.807, 2.05) is 13.8 Å². The first kappa shape index (κ1) is 10.6. The molecule has 1 rings (SSSR count). The summed E-state index contributed by atoms with van der Waals surface area (Å²) in [5.41, 5.74) is 0.537. The molecule has 0 bridgehead atoms. The van der Waals surface area contributed by atoms with Gasteiger partial charge in [0.2, 0.25) is 0 Å². The third-order valence-corrected chi connectivity index (χ3v) is 1.29. The van der Waals surface area contributed by atoms with Crippen LogP contribution < -0.4 is 0 Å². The van der Waals surface area contributed by atoms with Crippen molar-refractivity contribution in [2.75, 3.05) is 0 Å². The summed E-state index contributed by atoms with van der Waals surface area (Å²) in [6.45, 7) is 5.63. The van der Waals surface area contributed by atoms with Crippen molar-refractivity contribution >= 4 is 0 Å². The minimum Gasteiger partial charge on any atom is -0.508 e. The molecule has 3 nitrogen and oxygen atoms in total. The number of phenolic OH excluding ortho intramolecular Hbond substituents is 3. The molecule has 0 atom stereocenters. The fourth-order valence-electron chi connectivity index (χ4n) is 0.670. The Labute approximate surface area is 71.9 Å². The third-order valence-electron chi connectivity index (χ3n) is 1.29. The van der Waals surface area contributed by atoms with E-state index in [0.29, 0.717) is 5.56 Å². The molecule has 0 fully saturated rings. The van der Waals surface area contributed by atoms with Crippen molar-refractivity contribution in [1.82, 2.24) is 0 Å². The number of benzene rings is 1. The van der Waals surface area contributed by atoms with Crippen LogP contribution in [0.15, 0.2) is 12.1 Å². The van der Waals surface area contributed by atoms with Crippen molar-refractivity contribution in [3.05, 3.63) is 17.7 Å². The van der Waals surface area contributed by atoms with E-state index >= 15 is 0 Å². The Morgan fingerprint density at radius 1 is 0.833 bits per heavy atom. The van der Waals surface area contributed by atoms with Crippen LogP contribution in [-0.2, 0) is 0 Å². The van der Waals surface area contributed by atoms with E-state index in [2.05, 4.69) is 0 Å². The Kier molecular flexibility index (Phi) is 3.97. The lowest BCUT2D eigenvalue weighted by Gasteiger charge is -2.00. The molecular formula is C9H14O3. The molecule has 3 heteroatoms. The predicted octanol–water partition coefficient (Wildman–Crippen LogP) is 2.14. The molecule has 1 aromatic carbocycles. The van der Waals surface area contributed by atoms with Crippen LogP contribution in [0.4, 0.5) is 0 Å². The Balaban J connectivity index is 0.000000561. The summed E-state index contributed by atoms with van der Waals surface area (Å²) in [6, 6.07) is 2.40. The van der Waals surface area contributed by atoms with Gasteiger partial charge in [-0.15, -0.1) is 0 Å². The number of phenols is 3. The second-order valence-electron chi connectivity index (χ2n) is 2.13. The first-order valence-corrected chi connectivity index (χ1v) is 3.83. The monoisotopic (exact) mass is 170 g/mol. The number of hydrogen-bond donors (Lipinski definition) is 3. The minimum absolute atomic E-state index is 0.0182. The molecule has 0 aromatic heterocycles. The lowest BCUT2D eigenvalue weighted by Crippen LogP contribution is -1.74. The van der Waals surface area contributed by atoms with Crippen molar-refractivity contribution in [2.45, 2.75) is 20.8 Å². The molecule has 3 N–H and O–H groups in total. The van der Waals surface area contributed by atoms with Gasteiger partial charge in [0.25, 0.3) is 0 Å². The Morgan fingerprint density at radius 3 is 1.67 bits per heavy atom. The van der Waals surface area contributed by atoms with Crippen LogP contribution in [0.1, 0.15) is 19.4 Å². The maximum absolute atomic E-state index is 8.95. The SMILES string of the molecule is CC.Cc1cc(O)c(O)cc1O. The van der Waals surface area contributed by atoms with Gasteiger partial charge in [0.1, 0.15) is 5.75 Å². The maximum atomic E-state index is 8.95. The zero-order valence-electron chi connectivity index (χ0n) is 7.50. The molecule has 0 unspecified atom stereocenters. The summed E-state index contributed by atoms with van der Waals surface area (Å²) in [6.07, 6.45) is 0. The summed E-state index contributed by atoms with van der Waals surface area (Å²) in [5, 5.41) is 26.6. The van der Waals surface area contributed by atoms with Gasteiger partial charge in [-0.25, -0.2) is 0 Å². The number of hydrogen-bond acceptors (Lipinski definition) is 3. The molecule has 0 saturated heterocycles. The van der Waals surface area contributed by atoms with Gasteiger partial charge in [0, 0.05) is 6.07 Å². The molecule has 0 spiro atoms. The Bertz CT molecular complexity index is 206. The molecule has 0 aliphatic rings. The van der Waals surface area contributed by atoms with Crippen LogP contribution >= 0.6 is 0 Å². The van der Waals surface area contributed by atoms with Gasteiger partial charge in [-0.3, -0.25) is 0 Å². The highest BCUT2D eigenvalue weighted by Gasteiger charge is 2.02. The van der Waals surface area contributed by atoms with Crippen LogP contribution in [0.5, 0.6) is 17.2 Å². The lowest BCUT2D eigenvalue weighted by atomic mass is 10.2. The normalized spacial score (nSPS) is 8.58. The second-order valence-corrected chi connectivity index (χ2v) is 2.13. The van der Waals surface area contributed by atoms with E-state index in [-0.39, 0.29) is 17.2 Å². The quantitative estimate of drug-likeness (QED) is 0.413. The summed E-state index contributed by atoms with van der Waals surface area (Å²) < 4.78 is 0. The number of rotatable bonds is 0. The molecule has 1 aromatic rings. The Hall–Kier alpha value is -1.38. The summed E-state index contributed by atoms with van der Waals surface area (Å²) in [4.78, 5) is 0. The van der Waals surface area contributed by atoms with Gasteiger partial charge in [-0.1, -0.05) is 13.8 Å². The molecule has 0 aliphatic carbocycles. The van der Waals surface area contributed by atoms with Crippen LogP contribution in [-0.4, -0.2) is 15.3 Å². The highest BCUT2D eigenvalue weighted by molar-refractivity contribution is 5.47. The van der Waals surface area contributed by atoms with Gasteiger partial charge in [-0.2, -0.15) is 0 Å². The minimum atomic E-state index is -0.303. The smallest absolute Gasteiger partial charge is 0.161 e. The molecule has 0 radical (unpaired) electrons. The summed E-state index contributed by atoms with van der Waals surface area (Å²) >= 11 is 0. The van der Waals surface area contributed by atoms with Gasteiger partial charge >= 0.3 is 0 Å². The number of aromatic hydroxyl groups is 3. The van der Waals surface area contributed by atoms with Crippen LogP contribution in [0.25, 0.3) is 0 Å². The van der Waals surface area contributed by atoms with Crippen molar-refractivity contribution in [3.8, 4) is 17.2 Å². The van der Waals surface area contributed by atoms with E-state index in [0.717, 1.165) is 6.07 Å². The molecule has 0 saturated carbocycles. The average molecular weight is 170 g/mol. The lowest BCUT2D eigenvalue weighted by molar-refractivity contribution is 0.395. The van der Waals surface area contributed by atoms with E-state index in [1.165, 1.54) is 6.07 Å². The first-order chi connectivity index (χ1) is 5.61. The van der Waals surface area contributed by atoms with Crippen molar-refractivity contribution in [2.24, 2.45) is 0 Å². The molecular weight excluding hydrogens is 156 g/mol. The molecule has 0 amide bonds. The standard InChI is InChI=1S/C7H8O3.C2H6/c1-4-2-6(9)7(10)3-5(4)8;1-2/h2-3,8-10H,1H3;1-2H3.